The molecule has 3 rings (SSSR count). The van der Waals surface area contributed by atoms with E-state index in [9.17, 15) is 19.3 Å². The van der Waals surface area contributed by atoms with Gasteiger partial charge in [-0.3, -0.25) is 14.9 Å². The number of nitro groups is 1. The molecule has 0 aliphatic rings. The fraction of sp³-hybridized carbons (Fsp3) is 0.0870. The van der Waals surface area contributed by atoms with Crippen LogP contribution >= 0.6 is 0 Å². The van der Waals surface area contributed by atoms with Crippen molar-refractivity contribution in [2.45, 2.75) is 0 Å². The van der Waals surface area contributed by atoms with Gasteiger partial charge in [-0.2, -0.15) is 0 Å². The van der Waals surface area contributed by atoms with Gasteiger partial charge in [0.2, 0.25) is 0 Å². The molecule has 7 heteroatoms. The van der Waals surface area contributed by atoms with Crippen molar-refractivity contribution in [2.24, 2.45) is 0 Å². The van der Waals surface area contributed by atoms with Crippen molar-refractivity contribution in [3.05, 3.63) is 106 Å². The molecule has 0 spiro atoms. The van der Waals surface area contributed by atoms with Crippen molar-refractivity contribution in [2.75, 3.05) is 18.6 Å². The van der Waals surface area contributed by atoms with Crippen LogP contribution in [0.3, 0.4) is 0 Å². The number of rotatable bonds is 7. The highest BCUT2D eigenvalue weighted by Gasteiger charge is 2.19. The maximum atomic E-state index is 13.4. The molecule has 0 unspecified atom stereocenters. The molecule has 0 N–H and O–H groups in total. The first-order valence-electron chi connectivity index (χ1n) is 9.11. The average molecular weight is 406 g/mol. The predicted octanol–water partition coefficient (Wildman–Crippen LogP) is 5.10. The molecule has 0 aliphatic heterocycles. The summed E-state index contributed by atoms with van der Waals surface area (Å²) in [4.78, 5) is 25.0. The molecule has 0 aliphatic carbocycles. The molecule has 30 heavy (non-hydrogen) atoms. The predicted molar refractivity (Wildman–Crippen MR) is 113 cm³/mol. The van der Waals surface area contributed by atoms with Crippen molar-refractivity contribution in [1.82, 2.24) is 0 Å². The van der Waals surface area contributed by atoms with Gasteiger partial charge in [0.1, 0.15) is 11.6 Å². The highest BCUT2D eigenvalue weighted by atomic mass is 19.1. The molecule has 0 atom stereocenters. The highest BCUT2D eigenvalue weighted by molar-refractivity contribution is 6.06. The molecule has 0 fully saturated rings. The van der Waals surface area contributed by atoms with Crippen molar-refractivity contribution in [3.63, 3.8) is 0 Å². The van der Waals surface area contributed by atoms with Gasteiger partial charge < -0.3 is 9.64 Å². The third-order valence-corrected chi connectivity index (χ3v) is 4.41. The van der Waals surface area contributed by atoms with E-state index in [1.165, 1.54) is 53.4 Å². The Labute approximate surface area is 173 Å². The zero-order valence-electron chi connectivity index (χ0n) is 16.2. The van der Waals surface area contributed by atoms with E-state index >= 15 is 0 Å². The minimum Gasteiger partial charge on any atom is -0.496 e. The Morgan fingerprint density at radius 1 is 1.10 bits per heavy atom. The molecular weight excluding hydrogens is 387 g/mol. The van der Waals surface area contributed by atoms with E-state index in [1.807, 2.05) is 30.3 Å². The van der Waals surface area contributed by atoms with Crippen LogP contribution in [0.5, 0.6) is 5.75 Å². The Hall–Kier alpha value is -4.00. The van der Waals surface area contributed by atoms with Gasteiger partial charge in [-0.15, -0.1) is 0 Å². The van der Waals surface area contributed by atoms with Crippen LogP contribution in [0.25, 0.3) is 6.08 Å². The molecular formula is C23H19FN2O4. The van der Waals surface area contributed by atoms with E-state index in [0.29, 0.717) is 11.4 Å². The summed E-state index contributed by atoms with van der Waals surface area (Å²) in [5, 5.41) is 11.1. The Morgan fingerprint density at radius 3 is 2.53 bits per heavy atom. The third-order valence-electron chi connectivity index (χ3n) is 4.41. The fourth-order valence-corrected chi connectivity index (χ4v) is 2.92. The first-order chi connectivity index (χ1) is 14.5. The van der Waals surface area contributed by atoms with Gasteiger partial charge >= 0.3 is 0 Å². The van der Waals surface area contributed by atoms with E-state index in [4.69, 9.17) is 4.74 Å². The lowest BCUT2D eigenvalue weighted by molar-refractivity contribution is -0.384. The van der Waals surface area contributed by atoms with Gasteiger partial charge in [0, 0.05) is 35.5 Å². The second kappa shape index (κ2) is 9.47. The van der Waals surface area contributed by atoms with Crippen LogP contribution in [0, 0.1) is 15.9 Å². The summed E-state index contributed by atoms with van der Waals surface area (Å²) < 4.78 is 18.7. The number of methoxy groups -OCH3 is 1. The minimum absolute atomic E-state index is 0.166. The maximum Gasteiger partial charge on any atom is 0.270 e. The topological polar surface area (TPSA) is 72.7 Å². The lowest BCUT2D eigenvalue weighted by Gasteiger charge is -2.21. The monoisotopic (exact) mass is 406 g/mol. The summed E-state index contributed by atoms with van der Waals surface area (Å²) >= 11 is 0. The van der Waals surface area contributed by atoms with Crippen LogP contribution in [0.1, 0.15) is 15.9 Å². The van der Waals surface area contributed by atoms with E-state index in [2.05, 4.69) is 0 Å². The van der Waals surface area contributed by atoms with Gasteiger partial charge in [-0.05, 0) is 36.4 Å². The van der Waals surface area contributed by atoms with Crippen LogP contribution < -0.4 is 9.64 Å². The normalized spacial score (nSPS) is 10.7. The number of anilines is 1. The number of halogens is 1. The number of ether oxygens (including phenoxy) is 1. The number of nitro benzene ring substituents is 1. The number of amides is 1. The number of para-hydroxylation sites is 1. The SMILES string of the molecule is COc1ccccc1/C=C/CN(C(=O)c1cccc([N+](=O)[O-])c1)c1ccc(F)cc1. The zero-order chi connectivity index (χ0) is 21.5. The molecule has 0 heterocycles. The number of non-ortho nitro benzene ring substituents is 1. The van der Waals surface area contributed by atoms with Gasteiger partial charge in [0.15, 0.2) is 0 Å². The molecule has 3 aromatic rings. The molecule has 1 amide bonds. The number of benzene rings is 3. The lowest BCUT2D eigenvalue weighted by Crippen LogP contribution is -2.31. The van der Waals surface area contributed by atoms with Crippen LogP contribution in [0.2, 0.25) is 0 Å². The van der Waals surface area contributed by atoms with Gasteiger partial charge in [-0.1, -0.05) is 36.4 Å². The molecule has 0 bridgehead atoms. The Balaban J connectivity index is 1.92. The Bertz CT molecular complexity index is 1080. The second-order valence-corrected chi connectivity index (χ2v) is 6.34. The van der Waals surface area contributed by atoms with Crippen LogP contribution in [0.4, 0.5) is 15.8 Å². The Morgan fingerprint density at radius 2 is 1.83 bits per heavy atom. The smallest absolute Gasteiger partial charge is 0.270 e. The molecule has 152 valence electrons. The number of nitrogens with zero attached hydrogens (tertiary/aromatic N) is 2. The Kier molecular flexibility index (Phi) is 6.54. The summed E-state index contributed by atoms with van der Waals surface area (Å²) in [6.07, 6.45) is 3.59. The summed E-state index contributed by atoms with van der Waals surface area (Å²) in [7, 11) is 1.57. The van der Waals surface area contributed by atoms with Crippen molar-refractivity contribution in [1.29, 1.82) is 0 Å². The van der Waals surface area contributed by atoms with Crippen LogP contribution in [0.15, 0.2) is 78.9 Å². The van der Waals surface area contributed by atoms with E-state index < -0.39 is 16.6 Å². The molecule has 6 nitrogen and oxygen atoms in total. The van der Waals surface area contributed by atoms with Crippen molar-refractivity contribution >= 4 is 23.4 Å². The zero-order valence-corrected chi connectivity index (χ0v) is 16.2. The molecule has 0 saturated heterocycles. The largest absolute Gasteiger partial charge is 0.496 e. The quantitative estimate of drug-likeness (QED) is 0.404. The van der Waals surface area contributed by atoms with E-state index in [0.717, 1.165) is 5.56 Å². The first-order valence-corrected chi connectivity index (χ1v) is 9.11. The molecule has 0 aromatic heterocycles. The number of carbonyl (C=O) groups excluding carboxylic acids is 1. The lowest BCUT2D eigenvalue weighted by atomic mass is 10.1. The van der Waals surface area contributed by atoms with Crippen LogP contribution in [-0.2, 0) is 0 Å². The van der Waals surface area contributed by atoms with Crippen molar-refractivity contribution in [3.8, 4) is 5.75 Å². The summed E-state index contributed by atoms with van der Waals surface area (Å²) in [6.45, 7) is 0.172. The third kappa shape index (κ3) is 4.88. The van der Waals surface area contributed by atoms with Crippen LogP contribution in [-0.4, -0.2) is 24.5 Å². The number of carbonyl (C=O) groups is 1. The first kappa shape index (κ1) is 20.7. The standard InChI is InChI=1S/C23H19FN2O4/c1-30-22-10-3-2-6-17(22)8-5-15-25(20-13-11-19(24)12-14-20)23(27)18-7-4-9-21(16-18)26(28)29/h2-14,16H,15H2,1H3/b8-5+. The van der Waals surface area contributed by atoms with E-state index in [1.54, 1.807) is 13.2 Å². The minimum atomic E-state index is -0.555. The van der Waals surface area contributed by atoms with Gasteiger partial charge in [0.25, 0.3) is 11.6 Å². The van der Waals surface area contributed by atoms with Crippen molar-refractivity contribution < 1.29 is 18.8 Å². The summed E-state index contributed by atoms with van der Waals surface area (Å²) in [6, 6.07) is 18.4. The molecule has 3 aromatic carbocycles. The average Bonchev–Trinajstić information content (AvgIpc) is 2.77. The maximum absolute atomic E-state index is 13.4. The van der Waals surface area contributed by atoms with Gasteiger partial charge in [-0.25, -0.2) is 4.39 Å². The number of hydrogen-bond donors (Lipinski definition) is 0. The molecule has 0 radical (unpaired) electrons. The molecule has 0 saturated carbocycles. The second-order valence-electron chi connectivity index (χ2n) is 6.34. The summed E-state index contributed by atoms with van der Waals surface area (Å²) in [5.74, 6) is -0.173. The highest BCUT2D eigenvalue weighted by Crippen LogP contribution is 2.22. The van der Waals surface area contributed by atoms with E-state index in [-0.39, 0.29) is 17.8 Å². The fourth-order valence-electron chi connectivity index (χ4n) is 2.92. The summed E-state index contributed by atoms with van der Waals surface area (Å²) in [5.41, 5.74) is 1.29. The van der Waals surface area contributed by atoms with Gasteiger partial charge in [0.05, 0.1) is 12.0 Å². The number of hydrogen-bond acceptors (Lipinski definition) is 4.